The lowest BCUT2D eigenvalue weighted by Gasteiger charge is -2.19. The van der Waals surface area contributed by atoms with Gasteiger partial charge in [-0.25, -0.2) is 4.99 Å². The van der Waals surface area contributed by atoms with Crippen LogP contribution in [0.5, 0.6) is 5.75 Å². The van der Waals surface area contributed by atoms with Crippen LogP contribution in [-0.4, -0.2) is 37.1 Å². The number of guanidine groups is 1. The van der Waals surface area contributed by atoms with E-state index in [4.69, 9.17) is 33.7 Å². The Bertz CT molecular complexity index is 456. The second-order valence-electron chi connectivity index (χ2n) is 3.96. The van der Waals surface area contributed by atoms with Gasteiger partial charge < -0.3 is 15.4 Å². The molecule has 2 N–H and O–H groups in total. The minimum Gasteiger partial charge on any atom is -0.489 e. The summed E-state index contributed by atoms with van der Waals surface area (Å²) in [5.41, 5.74) is 5.86. The molecule has 0 aromatic heterocycles. The van der Waals surface area contributed by atoms with Gasteiger partial charge >= 0.3 is 0 Å². The number of aliphatic imine (C=N–C) groups is 1. The highest BCUT2D eigenvalue weighted by atomic mass is 79.9. The third-order valence-electron chi connectivity index (χ3n) is 2.66. The summed E-state index contributed by atoms with van der Waals surface area (Å²) in [7, 11) is 0. The highest BCUT2D eigenvalue weighted by Crippen LogP contribution is 2.35. The van der Waals surface area contributed by atoms with E-state index in [-0.39, 0.29) is 0 Å². The molecule has 0 unspecified atom stereocenters. The normalized spacial score (nSPS) is 11.6. The van der Waals surface area contributed by atoms with Crippen molar-refractivity contribution < 1.29 is 4.74 Å². The molecule has 0 fully saturated rings. The van der Waals surface area contributed by atoms with Crippen molar-refractivity contribution in [3.63, 3.8) is 0 Å². The van der Waals surface area contributed by atoms with Gasteiger partial charge in [0.1, 0.15) is 6.61 Å². The van der Waals surface area contributed by atoms with E-state index in [0.29, 0.717) is 34.9 Å². The Kier molecular flexibility index (Phi) is 7.48. The number of halogens is 3. The quantitative estimate of drug-likeness (QED) is 0.462. The third kappa shape index (κ3) is 5.04. The van der Waals surface area contributed by atoms with Gasteiger partial charge in [0.05, 0.1) is 16.6 Å². The molecule has 0 amide bonds. The number of hydrogen-bond acceptors (Lipinski definition) is 2. The molecule has 0 heterocycles. The van der Waals surface area contributed by atoms with Crippen LogP contribution in [0.15, 0.2) is 21.6 Å². The average Bonchev–Trinajstić information content (AvgIpc) is 2.38. The molecule has 0 saturated carbocycles. The summed E-state index contributed by atoms with van der Waals surface area (Å²) in [5.74, 6) is 0.986. The molecule has 1 rings (SSSR count). The van der Waals surface area contributed by atoms with Gasteiger partial charge in [0, 0.05) is 17.6 Å². The fraction of sp³-hybridized carbons (Fsp3) is 0.462. The molecule has 112 valence electrons. The SMILES string of the molecule is CCN(CC)C(N)=NCCOc1c(Cl)cc(Br)cc1Cl. The standard InChI is InChI=1S/C13H18BrCl2N3O/c1-3-19(4-2)13(17)18-5-6-20-12-10(15)7-9(14)8-11(12)16/h7-8H,3-6H2,1-2H3,(H2,17,18). The van der Waals surface area contributed by atoms with Gasteiger partial charge in [-0.05, 0) is 26.0 Å². The van der Waals surface area contributed by atoms with E-state index < -0.39 is 0 Å². The zero-order chi connectivity index (χ0) is 15.1. The number of benzene rings is 1. The summed E-state index contributed by atoms with van der Waals surface area (Å²) in [5, 5.41) is 0.926. The van der Waals surface area contributed by atoms with E-state index in [1.807, 2.05) is 18.7 Å². The van der Waals surface area contributed by atoms with Crippen molar-refractivity contribution >= 4 is 45.1 Å². The van der Waals surface area contributed by atoms with Gasteiger partial charge in [0.15, 0.2) is 11.7 Å². The summed E-state index contributed by atoms with van der Waals surface area (Å²) < 4.78 is 6.36. The van der Waals surface area contributed by atoms with Crippen molar-refractivity contribution in [1.29, 1.82) is 0 Å². The Morgan fingerprint density at radius 3 is 2.35 bits per heavy atom. The van der Waals surface area contributed by atoms with Crippen molar-refractivity contribution in [3.05, 3.63) is 26.7 Å². The maximum atomic E-state index is 6.06. The molecule has 4 nitrogen and oxygen atoms in total. The molecule has 0 aliphatic heterocycles. The molecule has 0 radical (unpaired) electrons. The first-order valence-electron chi connectivity index (χ1n) is 6.31. The number of rotatable bonds is 6. The first-order valence-corrected chi connectivity index (χ1v) is 7.86. The van der Waals surface area contributed by atoms with Gasteiger partial charge in [-0.3, -0.25) is 0 Å². The monoisotopic (exact) mass is 381 g/mol. The average molecular weight is 383 g/mol. The fourth-order valence-corrected chi connectivity index (χ4v) is 2.94. The lowest BCUT2D eigenvalue weighted by molar-refractivity contribution is 0.327. The predicted molar refractivity (Wildman–Crippen MR) is 89.1 cm³/mol. The molecule has 1 aromatic rings. The number of nitrogens with two attached hydrogens (primary N) is 1. The van der Waals surface area contributed by atoms with E-state index in [9.17, 15) is 0 Å². The van der Waals surface area contributed by atoms with Crippen LogP contribution in [-0.2, 0) is 0 Å². The summed E-state index contributed by atoms with van der Waals surface area (Å²) in [6.07, 6.45) is 0. The molecule has 0 spiro atoms. The molecular formula is C13H18BrCl2N3O. The van der Waals surface area contributed by atoms with Gasteiger partial charge in [0.25, 0.3) is 0 Å². The Morgan fingerprint density at radius 1 is 1.30 bits per heavy atom. The maximum absolute atomic E-state index is 6.06. The summed E-state index contributed by atoms with van der Waals surface area (Å²) in [4.78, 5) is 6.23. The van der Waals surface area contributed by atoms with Crippen molar-refractivity contribution in [2.75, 3.05) is 26.2 Å². The van der Waals surface area contributed by atoms with Crippen molar-refractivity contribution in [2.24, 2.45) is 10.7 Å². The molecule has 0 bridgehead atoms. The van der Waals surface area contributed by atoms with E-state index in [0.717, 1.165) is 17.6 Å². The summed E-state index contributed by atoms with van der Waals surface area (Å²) >= 11 is 15.4. The van der Waals surface area contributed by atoms with Crippen LogP contribution >= 0.6 is 39.1 Å². The van der Waals surface area contributed by atoms with E-state index in [1.165, 1.54) is 0 Å². The van der Waals surface area contributed by atoms with E-state index in [2.05, 4.69) is 20.9 Å². The van der Waals surface area contributed by atoms with Crippen LogP contribution in [0.3, 0.4) is 0 Å². The van der Waals surface area contributed by atoms with E-state index in [1.54, 1.807) is 12.1 Å². The number of ether oxygens (including phenoxy) is 1. The minimum atomic E-state index is 0.364. The fourth-order valence-electron chi connectivity index (χ4n) is 1.62. The highest BCUT2D eigenvalue weighted by molar-refractivity contribution is 9.10. The predicted octanol–water partition coefficient (Wildman–Crippen LogP) is 3.79. The van der Waals surface area contributed by atoms with Crippen LogP contribution in [0.2, 0.25) is 10.0 Å². The summed E-state index contributed by atoms with van der Waals surface area (Å²) in [6.45, 7) is 6.54. The lowest BCUT2D eigenvalue weighted by Crippen LogP contribution is -2.37. The zero-order valence-corrected chi connectivity index (χ0v) is 14.6. The molecule has 0 aliphatic carbocycles. The molecule has 0 atom stereocenters. The highest BCUT2D eigenvalue weighted by Gasteiger charge is 2.08. The van der Waals surface area contributed by atoms with Crippen LogP contribution in [0, 0.1) is 0 Å². The Balaban J connectivity index is 2.55. The molecule has 7 heteroatoms. The Hall–Kier alpha value is -0.650. The van der Waals surface area contributed by atoms with Crippen molar-refractivity contribution in [2.45, 2.75) is 13.8 Å². The summed E-state index contributed by atoms with van der Waals surface area (Å²) in [6, 6.07) is 3.46. The molecule has 0 aliphatic rings. The smallest absolute Gasteiger partial charge is 0.191 e. The molecule has 1 aromatic carbocycles. The van der Waals surface area contributed by atoms with Crippen LogP contribution < -0.4 is 10.5 Å². The van der Waals surface area contributed by atoms with Crippen LogP contribution in [0.25, 0.3) is 0 Å². The second-order valence-corrected chi connectivity index (χ2v) is 5.69. The zero-order valence-electron chi connectivity index (χ0n) is 11.5. The van der Waals surface area contributed by atoms with E-state index >= 15 is 0 Å². The minimum absolute atomic E-state index is 0.364. The van der Waals surface area contributed by atoms with Gasteiger partial charge in [-0.1, -0.05) is 39.1 Å². The molecular weight excluding hydrogens is 365 g/mol. The van der Waals surface area contributed by atoms with Crippen molar-refractivity contribution in [3.8, 4) is 5.75 Å². The first kappa shape index (κ1) is 17.4. The van der Waals surface area contributed by atoms with Crippen LogP contribution in [0.4, 0.5) is 0 Å². The second kappa shape index (κ2) is 8.60. The first-order chi connectivity index (χ1) is 9.49. The van der Waals surface area contributed by atoms with Gasteiger partial charge in [-0.15, -0.1) is 0 Å². The van der Waals surface area contributed by atoms with Gasteiger partial charge in [0.2, 0.25) is 0 Å². The maximum Gasteiger partial charge on any atom is 0.191 e. The number of hydrogen-bond donors (Lipinski definition) is 1. The third-order valence-corrected chi connectivity index (χ3v) is 3.68. The van der Waals surface area contributed by atoms with Gasteiger partial charge in [-0.2, -0.15) is 0 Å². The molecule has 0 saturated heterocycles. The molecule has 20 heavy (non-hydrogen) atoms. The largest absolute Gasteiger partial charge is 0.489 e. The van der Waals surface area contributed by atoms with Crippen molar-refractivity contribution in [1.82, 2.24) is 4.90 Å². The topological polar surface area (TPSA) is 50.8 Å². The lowest BCUT2D eigenvalue weighted by atomic mass is 10.3. The van der Waals surface area contributed by atoms with Crippen LogP contribution in [0.1, 0.15) is 13.8 Å². The Morgan fingerprint density at radius 2 is 1.85 bits per heavy atom. The Labute approximate surface area is 138 Å². The number of nitrogens with zero attached hydrogens (tertiary/aromatic N) is 2.